The Morgan fingerprint density at radius 3 is 2.00 bits per heavy atom. The van der Waals surface area contributed by atoms with Crippen molar-refractivity contribution in [2.24, 2.45) is 5.92 Å². The van der Waals surface area contributed by atoms with Gasteiger partial charge in [0.05, 0.1) is 11.2 Å². The summed E-state index contributed by atoms with van der Waals surface area (Å²) in [6.07, 6.45) is 4.82. The minimum Gasteiger partial charge on any atom is -0.403 e. The molecule has 1 aliphatic carbocycles. The molecule has 20 heavy (non-hydrogen) atoms. The van der Waals surface area contributed by atoms with Crippen molar-refractivity contribution in [3.63, 3.8) is 0 Å². The monoisotopic (exact) mass is 286 g/mol. The van der Waals surface area contributed by atoms with Crippen molar-refractivity contribution in [2.75, 3.05) is 0 Å². The van der Waals surface area contributed by atoms with Gasteiger partial charge in [0.15, 0.2) is 0 Å². The summed E-state index contributed by atoms with van der Waals surface area (Å²) >= 11 is 0. The second kappa shape index (κ2) is 5.76. The van der Waals surface area contributed by atoms with Crippen LogP contribution in [-0.4, -0.2) is 18.3 Å². The van der Waals surface area contributed by atoms with Gasteiger partial charge in [0, 0.05) is 5.82 Å². The normalized spacial score (nSPS) is 27.4. The summed E-state index contributed by atoms with van der Waals surface area (Å²) in [6.45, 7) is 7.84. The lowest BCUT2D eigenvalue weighted by atomic mass is 9.61. The summed E-state index contributed by atoms with van der Waals surface area (Å²) in [4.78, 5) is 0. The Labute approximate surface area is 121 Å². The third-order valence-corrected chi connectivity index (χ3v) is 5.10. The van der Waals surface area contributed by atoms with Crippen LogP contribution in [0.2, 0.25) is 5.82 Å². The van der Waals surface area contributed by atoms with E-state index in [1.165, 1.54) is 6.42 Å². The van der Waals surface area contributed by atoms with E-state index in [9.17, 15) is 8.78 Å². The van der Waals surface area contributed by atoms with Crippen LogP contribution in [0, 0.1) is 5.92 Å². The van der Waals surface area contributed by atoms with Crippen LogP contribution >= 0.6 is 0 Å². The second-order valence-electron chi connectivity index (χ2n) is 7.06. The fraction of sp³-hybridized carbons (Fsp3) is 0.867. The van der Waals surface area contributed by atoms with Crippen LogP contribution in [0.3, 0.4) is 0 Å². The van der Waals surface area contributed by atoms with Crippen LogP contribution in [0.15, 0.2) is 12.2 Å². The molecule has 0 N–H and O–H groups in total. The molecule has 1 heterocycles. The number of hydrogen-bond donors (Lipinski definition) is 0. The summed E-state index contributed by atoms with van der Waals surface area (Å²) < 4.78 is 37.6. The summed E-state index contributed by atoms with van der Waals surface area (Å²) in [6, 6.07) is 0. The number of hydrogen-bond acceptors (Lipinski definition) is 2. The average molecular weight is 286 g/mol. The first-order valence-corrected chi connectivity index (χ1v) is 7.61. The molecule has 1 saturated carbocycles. The molecule has 0 amide bonds. The van der Waals surface area contributed by atoms with E-state index in [-0.39, 0.29) is 11.7 Å². The quantitative estimate of drug-likeness (QED) is 0.693. The van der Waals surface area contributed by atoms with Crippen LogP contribution < -0.4 is 0 Å². The van der Waals surface area contributed by atoms with Gasteiger partial charge >= 0.3 is 7.12 Å². The molecule has 0 aromatic carbocycles. The lowest BCUT2D eigenvalue weighted by molar-refractivity contribution is 0.00578. The van der Waals surface area contributed by atoms with Crippen LogP contribution in [0.5, 0.6) is 0 Å². The van der Waals surface area contributed by atoms with E-state index < -0.39 is 24.4 Å². The highest BCUT2D eigenvalue weighted by Crippen LogP contribution is 2.45. The largest absolute Gasteiger partial charge is 0.465 e. The Balaban J connectivity index is 2.18. The van der Waals surface area contributed by atoms with Gasteiger partial charge in [0.25, 0.3) is 6.08 Å². The van der Waals surface area contributed by atoms with Crippen LogP contribution in [0.1, 0.15) is 59.8 Å². The van der Waals surface area contributed by atoms with Gasteiger partial charge in [-0.3, -0.25) is 0 Å². The van der Waals surface area contributed by atoms with Crippen molar-refractivity contribution in [1.82, 2.24) is 0 Å². The molecule has 2 nitrogen and oxygen atoms in total. The van der Waals surface area contributed by atoms with Crippen LogP contribution in [0.25, 0.3) is 0 Å². The van der Waals surface area contributed by atoms with Crippen molar-refractivity contribution < 1.29 is 18.1 Å². The number of allylic oxidation sites excluding steroid dienone is 1. The topological polar surface area (TPSA) is 18.5 Å². The smallest absolute Gasteiger partial charge is 0.403 e. The molecule has 1 saturated heterocycles. The molecule has 0 aromatic rings. The Morgan fingerprint density at radius 1 is 1.05 bits per heavy atom. The summed E-state index contributed by atoms with van der Waals surface area (Å²) in [5.74, 6) is -0.110. The molecule has 0 unspecified atom stereocenters. The Hall–Kier alpha value is -0.415. The second-order valence-corrected chi connectivity index (χ2v) is 7.06. The molecular formula is C15H25BF2O2. The highest BCUT2D eigenvalue weighted by molar-refractivity contribution is 6.48. The predicted molar refractivity (Wildman–Crippen MR) is 76.7 cm³/mol. The van der Waals surface area contributed by atoms with Crippen molar-refractivity contribution in [1.29, 1.82) is 0 Å². The third-order valence-electron chi connectivity index (χ3n) is 5.10. The zero-order chi connectivity index (χ0) is 15.0. The van der Waals surface area contributed by atoms with Gasteiger partial charge in [0.2, 0.25) is 0 Å². The first kappa shape index (κ1) is 16.0. The molecule has 2 aliphatic rings. The zero-order valence-electron chi connectivity index (χ0n) is 12.9. The summed E-state index contributed by atoms with van der Waals surface area (Å²) in [7, 11) is -0.565. The van der Waals surface area contributed by atoms with E-state index in [1.807, 2.05) is 27.7 Å². The lowest BCUT2D eigenvalue weighted by Crippen LogP contribution is -2.41. The van der Waals surface area contributed by atoms with Gasteiger partial charge in [-0.2, -0.15) is 8.78 Å². The molecule has 2 fully saturated rings. The summed E-state index contributed by atoms with van der Waals surface area (Å²) in [5.41, 5.74) is -0.934. The molecule has 1 atom stereocenters. The predicted octanol–water partition coefficient (Wildman–Crippen LogP) is 4.81. The van der Waals surface area contributed by atoms with Crippen molar-refractivity contribution in [3.05, 3.63) is 12.2 Å². The fourth-order valence-corrected chi connectivity index (χ4v) is 3.15. The maximum absolute atomic E-state index is 12.8. The Bertz CT molecular complexity index is 356. The van der Waals surface area contributed by atoms with Gasteiger partial charge < -0.3 is 9.31 Å². The first-order chi connectivity index (χ1) is 9.23. The molecule has 114 valence electrons. The highest BCUT2D eigenvalue weighted by atomic mass is 19.3. The molecule has 2 rings (SSSR count). The molecule has 0 bridgehead atoms. The Kier molecular flexibility index (Phi) is 4.60. The average Bonchev–Trinajstić information content (AvgIpc) is 2.56. The van der Waals surface area contributed by atoms with Gasteiger partial charge in [0.1, 0.15) is 0 Å². The molecule has 0 radical (unpaired) electrons. The summed E-state index contributed by atoms with van der Waals surface area (Å²) in [5, 5.41) is 0. The van der Waals surface area contributed by atoms with Crippen molar-refractivity contribution in [3.8, 4) is 0 Å². The van der Waals surface area contributed by atoms with E-state index in [4.69, 9.17) is 9.31 Å². The van der Waals surface area contributed by atoms with Crippen molar-refractivity contribution >= 4 is 7.12 Å². The minimum atomic E-state index is -1.63. The molecule has 0 spiro atoms. The minimum absolute atomic E-state index is 0.236. The molecule has 5 heteroatoms. The van der Waals surface area contributed by atoms with Gasteiger partial charge in [-0.05, 0) is 39.7 Å². The molecular weight excluding hydrogens is 261 g/mol. The third kappa shape index (κ3) is 3.25. The molecule has 1 aliphatic heterocycles. The van der Waals surface area contributed by atoms with Crippen LogP contribution in [-0.2, 0) is 9.31 Å². The standard InChI is InChI=1S/C15H25BF2O2/c1-14(2)15(3,4)20-16(19-14)12(10-13(17)18)11-8-6-5-7-9-11/h10-12H,5-9H2,1-4H3/t12-/m0/s1. The maximum atomic E-state index is 12.8. The number of rotatable bonds is 3. The fourth-order valence-electron chi connectivity index (χ4n) is 3.15. The van der Waals surface area contributed by atoms with Crippen molar-refractivity contribution in [2.45, 2.75) is 76.8 Å². The van der Waals surface area contributed by atoms with E-state index in [2.05, 4.69) is 0 Å². The SMILES string of the molecule is CC1(C)OB([C@@H](C=C(F)F)C2CCCCC2)OC1(C)C. The van der Waals surface area contributed by atoms with Gasteiger partial charge in [-0.1, -0.05) is 32.1 Å². The first-order valence-electron chi connectivity index (χ1n) is 7.61. The van der Waals surface area contributed by atoms with Gasteiger partial charge in [-0.15, -0.1) is 0 Å². The van der Waals surface area contributed by atoms with E-state index in [0.29, 0.717) is 0 Å². The maximum Gasteiger partial charge on any atom is 0.465 e. The highest BCUT2D eigenvalue weighted by Gasteiger charge is 2.54. The van der Waals surface area contributed by atoms with E-state index in [0.717, 1.165) is 31.8 Å². The Morgan fingerprint density at radius 2 is 1.55 bits per heavy atom. The van der Waals surface area contributed by atoms with Gasteiger partial charge in [-0.25, -0.2) is 0 Å². The van der Waals surface area contributed by atoms with E-state index in [1.54, 1.807) is 0 Å². The zero-order valence-corrected chi connectivity index (χ0v) is 12.9. The van der Waals surface area contributed by atoms with E-state index >= 15 is 0 Å². The lowest BCUT2D eigenvalue weighted by Gasteiger charge is -2.32. The number of halogens is 2. The van der Waals surface area contributed by atoms with Crippen LogP contribution in [0.4, 0.5) is 8.78 Å². The molecule has 0 aromatic heterocycles.